The minimum atomic E-state index is -0.348. The van der Waals surface area contributed by atoms with Crippen LogP contribution >= 0.6 is 0 Å². The Morgan fingerprint density at radius 3 is 2.44 bits per heavy atom. The first-order valence-corrected chi connectivity index (χ1v) is 9.69. The number of amides is 2. The Morgan fingerprint density at radius 1 is 1.15 bits per heavy atom. The first kappa shape index (κ1) is 19.4. The number of esters is 1. The van der Waals surface area contributed by atoms with Gasteiger partial charge in [0.05, 0.1) is 12.2 Å². The molecule has 8 heteroatoms. The van der Waals surface area contributed by atoms with Crippen molar-refractivity contribution in [1.82, 2.24) is 20.5 Å². The third-order valence-electron chi connectivity index (χ3n) is 5.14. The summed E-state index contributed by atoms with van der Waals surface area (Å²) < 4.78 is 4.98. The second kappa shape index (κ2) is 9.03. The van der Waals surface area contributed by atoms with Gasteiger partial charge in [-0.1, -0.05) is 0 Å². The normalized spacial score (nSPS) is 21.1. The molecule has 1 aromatic rings. The molecule has 0 spiro atoms. The third-order valence-corrected chi connectivity index (χ3v) is 5.14. The standard InChI is InChI=1S/C19H29N5O3/c1-3-27-18(25)14-4-5-17(20-12-14)24-10-7-15(8-11-24)21-19(26)22-16-6-9-23(2)13-16/h4-5,12,15-16H,3,6-11,13H2,1-2H3,(H2,21,22,26)/t16-/m1/s1. The molecule has 1 atom stereocenters. The predicted molar refractivity (Wildman–Crippen MR) is 103 cm³/mol. The molecule has 0 saturated carbocycles. The molecule has 0 aromatic carbocycles. The fourth-order valence-electron chi connectivity index (χ4n) is 3.63. The van der Waals surface area contributed by atoms with Crippen molar-refractivity contribution in [3.8, 4) is 0 Å². The highest BCUT2D eigenvalue weighted by Crippen LogP contribution is 2.18. The van der Waals surface area contributed by atoms with E-state index in [-0.39, 0.29) is 24.1 Å². The molecule has 27 heavy (non-hydrogen) atoms. The van der Waals surface area contributed by atoms with Crippen molar-refractivity contribution in [3.05, 3.63) is 23.9 Å². The summed E-state index contributed by atoms with van der Waals surface area (Å²) in [6.45, 7) is 5.73. The summed E-state index contributed by atoms with van der Waals surface area (Å²) in [5, 5.41) is 6.16. The Bertz CT molecular complexity index is 643. The van der Waals surface area contributed by atoms with Gasteiger partial charge in [-0.2, -0.15) is 0 Å². The van der Waals surface area contributed by atoms with Crippen LogP contribution in [0.4, 0.5) is 10.6 Å². The zero-order chi connectivity index (χ0) is 19.2. The second-order valence-corrected chi connectivity index (χ2v) is 7.25. The second-order valence-electron chi connectivity index (χ2n) is 7.25. The minimum Gasteiger partial charge on any atom is -0.462 e. The van der Waals surface area contributed by atoms with Crippen LogP contribution in [0.15, 0.2) is 18.3 Å². The van der Waals surface area contributed by atoms with E-state index in [1.54, 1.807) is 19.2 Å². The molecule has 2 aliphatic rings. The Hall–Kier alpha value is -2.35. The van der Waals surface area contributed by atoms with Crippen LogP contribution in [0, 0.1) is 0 Å². The van der Waals surface area contributed by atoms with Crippen LogP contribution < -0.4 is 15.5 Å². The lowest BCUT2D eigenvalue weighted by atomic mass is 10.1. The van der Waals surface area contributed by atoms with Gasteiger partial charge in [-0.3, -0.25) is 0 Å². The van der Waals surface area contributed by atoms with E-state index in [4.69, 9.17) is 4.74 Å². The maximum atomic E-state index is 12.2. The number of carbonyl (C=O) groups excluding carboxylic acids is 2. The van der Waals surface area contributed by atoms with E-state index in [9.17, 15) is 9.59 Å². The number of piperidine rings is 1. The van der Waals surface area contributed by atoms with Crippen molar-refractivity contribution in [3.63, 3.8) is 0 Å². The lowest BCUT2D eigenvalue weighted by molar-refractivity contribution is 0.0526. The van der Waals surface area contributed by atoms with Gasteiger partial charge in [0.25, 0.3) is 0 Å². The Morgan fingerprint density at radius 2 is 1.85 bits per heavy atom. The van der Waals surface area contributed by atoms with E-state index in [0.717, 1.165) is 51.3 Å². The summed E-state index contributed by atoms with van der Waals surface area (Å²) >= 11 is 0. The first-order chi connectivity index (χ1) is 13.0. The quantitative estimate of drug-likeness (QED) is 0.753. The van der Waals surface area contributed by atoms with Gasteiger partial charge in [-0.25, -0.2) is 14.6 Å². The number of carbonyl (C=O) groups is 2. The summed E-state index contributed by atoms with van der Waals surface area (Å²) in [7, 11) is 2.07. The largest absolute Gasteiger partial charge is 0.462 e. The highest BCUT2D eigenvalue weighted by molar-refractivity contribution is 5.89. The molecule has 2 N–H and O–H groups in total. The number of likely N-dealkylation sites (N-methyl/N-ethyl adjacent to an activating group) is 1. The number of nitrogens with one attached hydrogen (secondary N) is 2. The summed E-state index contributed by atoms with van der Waals surface area (Å²) in [4.78, 5) is 32.7. The molecule has 1 aromatic heterocycles. The Balaban J connectivity index is 1.43. The monoisotopic (exact) mass is 375 g/mol. The number of hydrogen-bond acceptors (Lipinski definition) is 6. The number of anilines is 1. The molecular weight excluding hydrogens is 346 g/mol. The van der Waals surface area contributed by atoms with Crippen LogP contribution in [0.2, 0.25) is 0 Å². The molecule has 0 unspecified atom stereocenters. The van der Waals surface area contributed by atoms with Gasteiger partial charge in [0.1, 0.15) is 5.82 Å². The van der Waals surface area contributed by atoms with Gasteiger partial charge >= 0.3 is 12.0 Å². The fraction of sp³-hybridized carbons (Fsp3) is 0.632. The number of pyridine rings is 1. The van der Waals surface area contributed by atoms with Gasteiger partial charge in [-0.15, -0.1) is 0 Å². The molecule has 0 bridgehead atoms. The van der Waals surface area contributed by atoms with Crippen molar-refractivity contribution in [2.45, 2.75) is 38.3 Å². The number of likely N-dealkylation sites (tertiary alicyclic amines) is 1. The number of aromatic nitrogens is 1. The third kappa shape index (κ3) is 5.32. The van der Waals surface area contributed by atoms with Crippen molar-refractivity contribution in [1.29, 1.82) is 0 Å². The van der Waals surface area contributed by atoms with E-state index in [1.165, 1.54) is 0 Å². The molecule has 0 radical (unpaired) electrons. The summed E-state index contributed by atoms with van der Waals surface area (Å²) in [6, 6.07) is 3.96. The topological polar surface area (TPSA) is 86.8 Å². The smallest absolute Gasteiger partial charge is 0.339 e. The van der Waals surface area contributed by atoms with Crippen molar-refractivity contribution in [2.75, 3.05) is 44.7 Å². The summed E-state index contributed by atoms with van der Waals surface area (Å²) in [6.07, 6.45) is 4.32. The van der Waals surface area contributed by atoms with Crippen LogP contribution in [0.3, 0.4) is 0 Å². The Kier molecular flexibility index (Phi) is 6.49. The lowest BCUT2D eigenvalue weighted by Gasteiger charge is -2.33. The Labute approximate surface area is 160 Å². The highest BCUT2D eigenvalue weighted by atomic mass is 16.5. The average molecular weight is 375 g/mol. The van der Waals surface area contributed by atoms with Crippen molar-refractivity contribution < 1.29 is 14.3 Å². The molecule has 2 fully saturated rings. The van der Waals surface area contributed by atoms with Gasteiger partial charge in [0.15, 0.2) is 0 Å². The van der Waals surface area contributed by atoms with Crippen LogP contribution in [-0.4, -0.2) is 73.8 Å². The average Bonchev–Trinajstić information content (AvgIpc) is 3.07. The maximum Gasteiger partial charge on any atom is 0.339 e. The molecule has 2 saturated heterocycles. The molecular formula is C19H29N5O3. The molecule has 8 nitrogen and oxygen atoms in total. The number of nitrogens with zero attached hydrogens (tertiary/aromatic N) is 3. The lowest BCUT2D eigenvalue weighted by Crippen LogP contribution is -2.50. The van der Waals surface area contributed by atoms with Gasteiger partial charge in [-0.05, 0) is 51.9 Å². The van der Waals surface area contributed by atoms with Gasteiger partial charge in [0.2, 0.25) is 0 Å². The van der Waals surface area contributed by atoms with E-state index in [0.29, 0.717) is 12.2 Å². The summed E-state index contributed by atoms with van der Waals surface area (Å²) in [5.74, 6) is 0.499. The van der Waals surface area contributed by atoms with Crippen LogP contribution in [0.25, 0.3) is 0 Å². The van der Waals surface area contributed by atoms with E-state index < -0.39 is 0 Å². The van der Waals surface area contributed by atoms with Crippen LogP contribution in [0.5, 0.6) is 0 Å². The first-order valence-electron chi connectivity index (χ1n) is 9.69. The van der Waals surface area contributed by atoms with Crippen molar-refractivity contribution >= 4 is 17.8 Å². The number of ether oxygens (including phenoxy) is 1. The molecule has 0 aliphatic carbocycles. The minimum absolute atomic E-state index is 0.0642. The van der Waals surface area contributed by atoms with Crippen LogP contribution in [-0.2, 0) is 4.74 Å². The zero-order valence-electron chi connectivity index (χ0n) is 16.1. The fourth-order valence-corrected chi connectivity index (χ4v) is 3.63. The van der Waals surface area contributed by atoms with Crippen LogP contribution in [0.1, 0.15) is 36.5 Å². The van der Waals surface area contributed by atoms with E-state index in [1.807, 2.05) is 6.07 Å². The molecule has 148 valence electrons. The molecule has 2 aliphatic heterocycles. The van der Waals surface area contributed by atoms with E-state index >= 15 is 0 Å². The highest BCUT2D eigenvalue weighted by Gasteiger charge is 2.24. The van der Waals surface area contributed by atoms with E-state index in [2.05, 4.69) is 32.5 Å². The zero-order valence-corrected chi connectivity index (χ0v) is 16.1. The predicted octanol–water partition coefficient (Wildman–Crippen LogP) is 1.23. The van der Waals surface area contributed by atoms with Gasteiger partial charge in [0, 0.05) is 37.9 Å². The number of urea groups is 1. The molecule has 2 amide bonds. The number of hydrogen-bond donors (Lipinski definition) is 2. The maximum absolute atomic E-state index is 12.2. The van der Waals surface area contributed by atoms with Crippen molar-refractivity contribution in [2.24, 2.45) is 0 Å². The van der Waals surface area contributed by atoms with Gasteiger partial charge < -0.3 is 25.2 Å². The summed E-state index contributed by atoms with van der Waals surface area (Å²) in [5.41, 5.74) is 0.464. The number of rotatable bonds is 5. The molecule has 3 heterocycles. The SMILES string of the molecule is CCOC(=O)c1ccc(N2CCC(NC(=O)N[C@@H]3CCN(C)C3)CC2)nc1. The molecule has 3 rings (SSSR count).